The maximum absolute atomic E-state index is 12.7. The van der Waals surface area contributed by atoms with Crippen LogP contribution in [0.5, 0.6) is 0 Å². The molecule has 4 rings (SSSR count). The molecule has 2 saturated heterocycles. The summed E-state index contributed by atoms with van der Waals surface area (Å²) in [5, 5.41) is 2.94. The van der Waals surface area contributed by atoms with E-state index in [1.807, 2.05) is 38.1 Å². The zero-order chi connectivity index (χ0) is 18.9. The lowest BCUT2D eigenvalue weighted by atomic mass is 10.0. The fourth-order valence-electron chi connectivity index (χ4n) is 3.54. The molecule has 1 N–H and O–H groups in total. The van der Waals surface area contributed by atoms with E-state index >= 15 is 0 Å². The van der Waals surface area contributed by atoms with E-state index in [9.17, 15) is 4.79 Å². The molecule has 0 saturated carbocycles. The number of amides is 1. The highest BCUT2D eigenvalue weighted by Crippen LogP contribution is 2.32. The highest BCUT2D eigenvalue weighted by atomic mass is 16.7. The number of piperidine rings is 1. The monoisotopic (exact) mass is 368 g/mol. The normalized spacial score (nSPS) is 18.7. The summed E-state index contributed by atoms with van der Waals surface area (Å²) in [6, 6.07) is 9.40. The minimum absolute atomic E-state index is 0.230. The number of anilines is 2. The quantitative estimate of drug-likeness (QED) is 0.898. The molecule has 2 aliphatic rings. The molecule has 0 radical (unpaired) electrons. The van der Waals surface area contributed by atoms with Gasteiger partial charge in [0.15, 0.2) is 5.79 Å². The van der Waals surface area contributed by atoms with Crippen molar-refractivity contribution in [2.45, 2.75) is 32.5 Å². The number of nitrogens with one attached hydrogen (secondary N) is 1. The van der Waals surface area contributed by atoms with Crippen molar-refractivity contribution in [3.8, 4) is 0 Å². The third-order valence-corrected chi connectivity index (χ3v) is 5.09. The zero-order valence-corrected chi connectivity index (χ0v) is 15.7. The standard InChI is InChI=1S/C20H24N4O3/c1-14-5-3-4-6-16(14)22-18(25)17-13-15(2)21-19(23-17)24-9-7-20(8-10-24)26-11-12-27-20/h3-6,13H,7-12H2,1-2H3,(H,22,25). The Bertz CT molecular complexity index is 839. The third kappa shape index (κ3) is 3.79. The van der Waals surface area contributed by atoms with Crippen molar-refractivity contribution < 1.29 is 14.3 Å². The number of nitrogens with zero attached hydrogens (tertiary/aromatic N) is 3. The maximum atomic E-state index is 12.7. The number of rotatable bonds is 3. The summed E-state index contributed by atoms with van der Waals surface area (Å²) in [5.74, 6) is -0.0875. The number of aromatic nitrogens is 2. The van der Waals surface area contributed by atoms with Crippen LogP contribution in [0.4, 0.5) is 11.6 Å². The van der Waals surface area contributed by atoms with E-state index in [1.54, 1.807) is 6.07 Å². The fraction of sp³-hybridized carbons (Fsp3) is 0.450. The Morgan fingerprint density at radius 1 is 1.11 bits per heavy atom. The van der Waals surface area contributed by atoms with Gasteiger partial charge in [0.1, 0.15) is 5.69 Å². The van der Waals surface area contributed by atoms with Crippen molar-refractivity contribution in [1.29, 1.82) is 0 Å². The van der Waals surface area contributed by atoms with Gasteiger partial charge in [-0.2, -0.15) is 0 Å². The highest BCUT2D eigenvalue weighted by molar-refractivity contribution is 6.03. The molecule has 142 valence electrons. The van der Waals surface area contributed by atoms with Crippen molar-refractivity contribution in [3.05, 3.63) is 47.3 Å². The van der Waals surface area contributed by atoms with Gasteiger partial charge >= 0.3 is 0 Å². The van der Waals surface area contributed by atoms with Crippen molar-refractivity contribution in [1.82, 2.24) is 9.97 Å². The van der Waals surface area contributed by atoms with E-state index in [0.29, 0.717) is 24.9 Å². The number of carbonyl (C=O) groups excluding carboxylic acids is 1. The number of ether oxygens (including phenoxy) is 2. The second-order valence-electron chi connectivity index (χ2n) is 7.06. The van der Waals surface area contributed by atoms with Gasteiger partial charge in [-0.05, 0) is 31.5 Å². The summed E-state index contributed by atoms with van der Waals surface area (Å²) in [7, 11) is 0. The van der Waals surface area contributed by atoms with Crippen LogP contribution in [0.1, 0.15) is 34.6 Å². The van der Waals surface area contributed by atoms with Crippen molar-refractivity contribution >= 4 is 17.5 Å². The van der Waals surface area contributed by atoms with E-state index in [1.165, 1.54) is 0 Å². The lowest BCUT2D eigenvalue weighted by Crippen LogP contribution is -2.45. The van der Waals surface area contributed by atoms with Gasteiger partial charge in [0.25, 0.3) is 5.91 Å². The lowest BCUT2D eigenvalue weighted by Gasteiger charge is -2.37. The summed E-state index contributed by atoms with van der Waals surface area (Å²) < 4.78 is 11.6. The van der Waals surface area contributed by atoms with Gasteiger partial charge in [0.2, 0.25) is 5.95 Å². The van der Waals surface area contributed by atoms with E-state index in [0.717, 1.165) is 42.9 Å². The van der Waals surface area contributed by atoms with Crippen molar-refractivity contribution in [2.24, 2.45) is 0 Å². The van der Waals surface area contributed by atoms with Crippen LogP contribution in [-0.2, 0) is 9.47 Å². The molecule has 2 fully saturated rings. The average Bonchev–Trinajstić information content (AvgIpc) is 3.11. The summed E-state index contributed by atoms with van der Waals surface area (Å²) in [6.07, 6.45) is 1.55. The summed E-state index contributed by atoms with van der Waals surface area (Å²) in [5.41, 5.74) is 2.93. The second-order valence-corrected chi connectivity index (χ2v) is 7.06. The van der Waals surface area contributed by atoms with Crippen LogP contribution >= 0.6 is 0 Å². The maximum Gasteiger partial charge on any atom is 0.274 e. The Morgan fingerprint density at radius 3 is 2.52 bits per heavy atom. The second kappa shape index (κ2) is 7.25. The molecular weight excluding hydrogens is 344 g/mol. The number of benzene rings is 1. The molecule has 1 spiro atoms. The van der Waals surface area contributed by atoms with Crippen LogP contribution in [0.3, 0.4) is 0 Å². The SMILES string of the molecule is Cc1cc(C(=O)Nc2ccccc2C)nc(N2CCC3(CC2)OCCO3)n1. The molecule has 1 aromatic carbocycles. The molecular formula is C20H24N4O3. The van der Waals surface area contributed by atoms with Gasteiger partial charge in [0.05, 0.1) is 13.2 Å². The van der Waals surface area contributed by atoms with E-state index in [2.05, 4.69) is 20.2 Å². The Balaban J connectivity index is 1.50. The molecule has 0 bridgehead atoms. The molecule has 3 heterocycles. The van der Waals surface area contributed by atoms with Gasteiger partial charge in [-0.25, -0.2) is 9.97 Å². The molecule has 7 heteroatoms. The molecule has 0 aliphatic carbocycles. The number of carbonyl (C=O) groups is 1. The van der Waals surface area contributed by atoms with Crippen LogP contribution in [0.15, 0.2) is 30.3 Å². The van der Waals surface area contributed by atoms with Crippen LogP contribution in [0.2, 0.25) is 0 Å². The van der Waals surface area contributed by atoms with Crippen LogP contribution < -0.4 is 10.2 Å². The van der Waals surface area contributed by atoms with Crippen molar-refractivity contribution in [3.63, 3.8) is 0 Å². The molecule has 7 nitrogen and oxygen atoms in total. The van der Waals surface area contributed by atoms with E-state index < -0.39 is 5.79 Å². The summed E-state index contributed by atoms with van der Waals surface area (Å²) in [4.78, 5) is 23.8. The Morgan fingerprint density at radius 2 is 1.81 bits per heavy atom. The Hall–Kier alpha value is -2.51. The minimum atomic E-state index is -0.439. The first-order chi connectivity index (χ1) is 13.0. The average molecular weight is 368 g/mol. The highest BCUT2D eigenvalue weighted by Gasteiger charge is 2.40. The van der Waals surface area contributed by atoms with Gasteiger partial charge in [-0.3, -0.25) is 4.79 Å². The fourth-order valence-corrected chi connectivity index (χ4v) is 3.54. The van der Waals surface area contributed by atoms with E-state index in [-0.39, 0.29) is 5.91 Å². The molecule has 1 amide bonds. The summed E-state index contributed by atoms with van der Waals surface area (Å²) >= 11 is 0. The number of para-hydroxylation sites is 1. The molecule has 0 unspecified atom stereocenters. The molecule has 27 heavy (non-hydrogen) atoms. The van der Waals surface area contributed by atoms with Crippen LogP contribution in [0.25, 0.3) is 0 Å². The smallest absolute Gasteiger partial charge is 0.274 e. The largest absolute Gasteiger partial charge is 0.347 e. The van der Waals surface area contributed by atoms with Gasteiger partial charge in [-0.1, -0.05) is 18.2 Å². The van der Waals surface area contributed by atoms with Gasteiger partial charge < -0.3 is 19.7 Å². The number of hydrogen-bond acceptors (Lipinski definition) is 6. The molecule has 1 aromatic heterocycles. The first-order valence-corrected chi connectivity index (χ1v) is 9.30. The lowest BCUT2D eigenvalue weighted by molar-refractivity contribution is -0.169. The van der Waals surface area contributed by atoms with Crippen LogP contribution in [-0.4, -0.2) is 48.0 Å². The number of aryl methyl sites for hydroxylation is 2. The first kappa shape index (κ1) is 17.9. The molecule has 0 atom stereocenters. The van der Waals surface area contributed by atoms with Crippen LogP contribution in [0, 0.1) is 13.8 Å². The van der Waals surface area contributed by atoms with Gasteiger partial charge in [-0.15, -0.1) is 0 Å². The molecule has 2 aliphatic heterocycles. The predicted molar refractivity (Wildman–Crippen MR) is 102 cm³/mol. The third-order valence-electron chi connectivity index (χ3n) is 5.09. The van der Waals surface area contributed by atoms with Gasteiger partial charge in [0, 0.05) is 37.3 Å². The van der Waals surface area contributed by atoms with Crippen molar-refractivity contribution in [2.75, 3.05) is 36.5 Å². The Kier molecular flexibility index (Phi) is 4.80. The zero-order valence-electron chi connectivity index (χ0n) is 15.7. The summed E-state index contributed by atoms with van der Waals surface area (Å²) in [6.45, 7) is 6.63. The first-order valence-electron chi connectivity index (χ1n) is 9.30. The topological polar surface area (TPSA) is 76.6 Å². The number of hydrogen-bond donors (Lipinski definition) is 1. The predicted octanol–water partition coefficient (Wildman–Crippen LogP) is 2.69. The Labute approximate surface area is 158 Å². The minimum Gasteiger partial charge on any atom is -0.347 e. The van der Waals surface area contributed by atoms with E-state index in [4.69, 9.17) is 9.47 Å². The molecule has 2 aromatic rings.